The predicted octanol–water partition coefficient (Wildman–Crippen LogP) is 2.57. The lowest BCUT2D eigenvalue weighted by Gasteiger charge is -2.13. The minimum atomic E-state index is -4.68. The van der Waals surface area contributed by atoms with Crippen molar-refractivity contribution in [3.8, 4) is 11.3 Å². The van der Waals surface area contributed by atoms with Gasteiger partial charge in [0.1, 0.15) is 5.69 Å². The average molecular weight is 281 g/mol. The molecule has 0 aliphatic heterocycles. The SMILES string of the molecule is Cc1c(C(F)(F)F)nnc(-c2ccccc2)c1C(N)=O. The molecule has 0 atom stereocenters. The highest BCUT2D eigenvalue weighted by molar-refractivity contribution is 6.00. The first-order valence-electron chi connectivity index (χ1n) is 5.62. The fourth-order valence-electron chi connectivity index (χ4n) is 1.89. The number of alkyl halides is 3. The molecule has 20 heavy (non-hydrogen) atoms. The second kappa shape index (κ2) is 4.92. The molecule has 1 amide bonds. The van der Waals surface area contributed by atoms with Crippen LogP contribution in [0.2, 0.25) is 0 Å². The van der Waals surface area contributed by atoms with Gasteiger partial charge in [0.15, 0.2) is 5.69 Å². The van der Waals surface area contributed by atoms with Crippen molar-refractivity contribution in [3.05, 3.63) is 47.2 Å². The first kappa shape index (κ1) is 14.0. The van der Waals surface area contributed by atoms with Gasteiger partial charge in [-0.05, 0) is 12.5 Å². The van der Waals surface area contributed by atoms with Crippen LogP contribution < -0.4 is 5.73 Å². The first-order valence-corrected chi connectivity index (χ1v) is 5.62. The number of carbonyl (C=O) groups excluding carboxylic acids is 1. The summed E-state index contributed by atoms with van der Waals surface area (Å²) in [5, 5.41) is 6.71. The van der Waals surface area contributed by atoms with Gasteiger partial charge in [0.05, 0.1) is 5.56 Å². The van der Waals surface area contributed by atoms with Crippen LogP contribution in [-0.4, -0.2) is 16.1 Å². The summed E-state index contributed by atoms with van der Waals surface area (Å²) in [4.78, 5) is 11.5. The van der Waals surface area contributed by atoms with Gasteiger partial charge >= 0.3 is 6.18 Å². The zero-order valence-electron chi connectivity index (χ0n) is 10.4. The van der Waals surface area contributed by atoms with Crippen molar-refractivity contribution < 1.29 is 18.0 Å². The molecule has 0 fully saturated rings. The molecule has 4 nitrogen and oxygen atoms in total. The van der Waals surface area contributed by atoms with E-state index in [9.17, 15) is 18.0 Å². The van der Waals surface area contributed by atoms with Gasteiger partial charge in [0.25, 0.3) is 5.91 Å². The molecule has 0 aliphatic rings. The van der Waals surface area contributed by atoms with E-state index >= 15 is 0 Å². The molecule has 0 saturated heterocycles. The average Bonchev–Trinajstić information content (AvgIpc) is 2.37. The number of hydrogen-bond acceptors (Lipinski definition) is 3. The fraction of sp³-hybridized carbons (Fsp3) is 0.154. The highest BCUT2D eigenvalue weighted by Gasteiger charge is 2.37. The normalized spacial score (nSPS) is 11.4. The van der Waals surface area contributed by atoms with Gasteiger partial charge in [-0.15, -0.1) is 10.2 Å². The molecule has 0 radical (unpaired) electrons. The molecule has 0 unspecified atom stereocenters. The maximum absolute atomic E-state index is 12.8. The number of benzene rings is 1. The standard InChI is InChI=1S/C13H10F3N3O/c1-7-9(12(17)20)10(8-5-3-2-4-6-8)18-19-11(7)13(14,15)16/h2-6H,1H3,(H2,17,20). The lowest BCUT2D eigenvalue weighted by molar-refractivity contribution is -0.142. The van der Waals surface area contributed by atoms with Crippen LogP contribution in [0.25, 0.3) is 11.3 Å². The van der Waals surface area contributed by atoms with E-state index in [4.69, 9.17) is 5.73 Å². The van der Waals surface area contributed by atoms with Gasteiger partial charge < -0.3 is 5.73 Å². The molecule has 0 spiro atoms. The molecular weight excluding hydrogens is 271 g/mol. The molecule has 2 rings (SSSR count). The fourth-order valence-corrected chi connectivity index (χ4v) is 1.89. The molecule has 1 aromatic heterocycles. The van der Waals surface area contributed by atoms with E-state index < -0.39 is 17.8 Å². The third-order valence-electron chi connectivity index (χ3n) is 2.78. The lowest BCUT2D eigenvalue weighted by Crippen LogP contribution is -2.21. The summed E-state index contributed by atoms with van der Waals surface area (Å²) in [6.45, 7) is 1.16. The lowest BCUT2D eigenvalue weighted by atomic mass is 10.0. The number of primary amides is 1. The highest BCUT2D eigenvalue weighted by Crippen LogP contribution is 2.33. The molecule has 0 bridgehead atoms. The largest absolute Gasteiger partial charge is 0.435 e. The maximum atomic E-state index is 12.8. The Bertz CT molecular complexity index is 654. The summed E-state index contributed by atoms with van der Waals surface area (Å²) in [6, 6.07) is 8.31. The van der Waals surface area contributed by atoms with Crippen LogP contribution in [0.3, 0.4) is 0 Å². The van der Waals surface area contributed by atoms with Crippen molar-refractivity contribution in [2.75, 3.05) is 0 Å². The van der Waals surface area contributed by atoms with E-state index in [0.29, 0.717) is 5.56 Å². The van der Waals surface area contributed by atoms with Crippen molar-refractivity contribution in [1.29, 1.82) is 0 Å². The van der Waals surface area contributed by atoms with E-state index in [1.807, 2.05) is 0 Å². The zero-order valence-corrected chi connectivity index (χ0v) is 10.4. The summed E-state index contributed by atoms with van der Waals surface area (Å²) < 4.78 is 38.3. The molecule has 1 heterocycles. The van der Waals surface area contributed by atoms with E-state index in [-0.39, 0.29) is 16.8 Å². The van der Waals surface area contributed by atoms with E-state index in [2.05, 4.69) is 10.2 Å². The first-order chi connectivity index (χ1) is 9.32. The molecule has 0 aliphatic carbocycles. The van der Waals surface area contributed by atoms with Crippen LogP contribution in [0.15, 0.2) is 30.3 Å². The van der Waals surface area contributed by atoms with Crippen LogP contribution in [0.5, 0.6) is 0 Å². The summed E-state index contributed by atoms with van der Waals surface area (Å²) >= 11 is 0. The molecular formula is C13H10F3N3O. The molecule has 2 aromatic rings. The Labute approximate surface area is 112 Å². The van der Waals surface area contributed by atoms with Crippen molar-refractivity contribution in [1.82, 2.24) is 10.2 Å². The number of nitrogens with zero attached hydrogens (tertiary/aromatic N) is 2. The number of nitrogens with two attached hydrogens (primary N) is 1. The third-order valence-corrected chi connectivity index (χ3v) is 2.78. The molecule has 7 heteroatoms. The van der Waals surface area contributed by atoms with Crippen LogP contribution in [0, 0.1) is 6.92 Å². The van der Waals surface area contributed by atoms with Crippen LogP contribution >= 0.6 is 0 Å². The Hall–Kier alpha value is -2.44. The maximum Gasteiger partial charge on any atom is 0.435 e. The quantitative estimate of drug-likeness (QED) is 0.919. The van der Waals surface area contributed by atoms with E-state index in [0.717, 1.165) is 6.92 Å². The van der Waals surface area contributed by atoms with Gasteiger partial charge in [0.2, 0.25) is 0 Å². The summed E-state index contributed by atoms with van der Waals surface area (Å²) in [6.07, 6.45) is -4.68. The molecule has 2 N–H and O–H groups in total. The van der Waals surface area contributed by atoms with Crippen molar-refractivity contribution >= 4 is 5.91 Å². The van der Waals surface area contributed by atoms with Gasteiger partial charge in [-0.2, -0.15) is 13.2 Å². The predicted molar refractivity (Wildman–Crippen MR) is 65.7 cm³/mol. The molecule has 1 aromatic carbocycles. The highest BCUT2D eigenvalue weighted by atomic mass is 19.4. The van der Waals surface area contributed by atoms with Crippen LogP contribution in [0.1, 0.15) is 21.6 Å². The number of hydrogen-bond donors (Lipinski definition) is 1. The number of halogens is 3. The van der Waals surface area contributed by atoms with E-state index in [1.54, 1.807) is 30.3 Å². The zero-order chi connectivity index (χ0) is 14.9. The minimum Gasteiger partial charge on any atom is -0.366 e. The Morgan fingerprint density at radius 1 is 1.15 bits per heavy atom. The van der Waals surface area contributed by atoms with Gasteiger partial charge in [-0.3, -0.25) is 4.79 Å². The van der Waals surface area contributed by atoms with Crippen molar-refractivity contribution in [3.63, 3.8) is 0 Å². The number of amides is 1. The Morgan fingerprint density at radius 2 is 1.75 bits per heavy atom. The monoisotopic (exact) mass is 281 g/mol. The van der Waals surface area contributed by atoms with Crippen molar-refractivity contribution in [2.45, 2.75) is 13.1 Å². The van der Waals surface area contributed by atoms with Crippen LogP contribution in [-0.2, 0) is 6.18 Å². The smallest absolute Gasteiger partial charge is 0.366 e. The second-order valence-corrected chi connectivity index (χ2v) is 4.13. The minimum absolute atomic E-state index is 0.0450. The number of carbonyl (C=O) groups is 1. The third kappa shape index (κ3) is 2.47. The summed E-state index contributed by atoms with van der Waals surface area (Å²) in [7, 11) is 0. The number of rotatable bonds is 2. The topological polar surface area (TPSA) is 68.9 Å². The van der Waals surface area contributed by atoms with Crippen molar-refractivity contribution in [2.24, 2.45) is 5.73 Å². The Kier molecular flexibility index (Phi) is 3.44. The van der Waals surface area contributed by atoms with Gasteiger partial charge in [-0.25, -0.2) is 0 Å². The number of aromatic nitrogens is 2. The summed E-state index contributed by atoms with van der Waals surface area (Å²) in [5.74, 6) is -0.971. The van der Waals surface area contributed by atoms with Gasteiger partial charge in [-0.1, -0.05) is 30.3 Å². The van der Waals surface area contributed by atoms with Gasteiger partial charge in [0, 0.05) is 5.56 Å². The molecule has 0 saturated carbocycles. The molecule has 104 valence electrons. The van der Waals surface area contributed by atoms with Crippen LogP contribution in [0.4, 0.5) is 13.2 Å². The summed E-state index contributed by atoms with van der Waals surface area (Å²) in [5.41, 5.74) is 3.92. The Balaban J connectivity index is 2.73. The van der Waals surface area contributed by atoms with E-state index in [1.165, 1.54) is 0 Å². The Morgan fingerprint density at radius 3 is 2.25 bits per heavy atom. The second-order valence-electron chi connectivity index (χ2n) is 4.13.